The number of benzene rings is 1. The summed E-state index contributed by atoms with van der Waals surface area (Å²) in [6.45, 7) is 3.19. The second-order valence-electron chi connectivity index (χ2n) is 5.69. The van der Waals surface area contributed by atoms with Gasteiger partial charge in [-0.2, -0.15) is 5.10 Å². The van der Waals surface area contributed by atoms with E-state index in [1.807, 2.05) is 57.4 Å². The highest BCUT2D eigenvalue weighted by atomic mass is 35.5. The Hall–Kier alpha value is -2.15. The van der Waals surface area contributed by atoms with Crippen LogP contribution in [0, 0.1) is 6.92 Å². The molecule has 0 atom stereocenters. The van der Waals surface area contributed by atoms with Gasteiger partial charge in [0.25, 0.3) is 5.91 Å². The molecular weight excluding hydrogens is 373 g/mol. The van der Waals surface area contributed by atoms with Crippen LogP contribution in [0.4, 0.5) is 0 Å². The van der Waals surface area contributed by atoms with Crippen LogP contribution in [0.2, 0.25) is 0 Å². The molecule has 1 amide bonds. The Morgan fingerprint density at radius 1 is 1.15 bits per heavy atom. The van der Waals surface area contributed by atoms with Gasteiger partial charge in [0, 0.05) is 25.7 Å². The van der Waals surface area contributed by atoms with E-state index in [1.54, 1.807) is 4.68 Å². The Morgan fingerprint density at radius 3 is 2.50 bits per heavy atom. The molecule has 6 nitrogen and oxygen atoms in total. The summed E-state index contributed by atoms with van der Waals surface area (Å²) in [7, 11) is 3.70. The third-order valence-corrected chi connectivity index (χ3v) is 3.94. The van der Waals surface area contributed by atoms with Crippen LogP contribution in [0.25, 0.3) is 22.3 Å². The highest BCUT2D eigenvalue weighted by Gasteiger charge is 2.18. The lowest BCUT2D eigenvalue weighted by Gasteiger charge is -2.09. The number of nitrogens with zero attached hydrogens (tertiary/aromatic N) is 3. The average Bonchev–Trinajstić information content (AvgIpc) is 2.89. The topological polar surface area (TPSA) is 71.8 Å². The Morgan fingerprint density at radius 2 is 1.85 bits per heavy atom. The van der Waals surface area contributed by atoms with Gasteiger partial charge in [0.05, 0.1) is 22.3 Å². The summed E-state index contributed by atoms with van der Waals surface area (Å²) in [5, 5.41) is 11.2. The van der Waals surface area contributed by atoms with Crippen LogP contribution in [0.15, 0.2) is 36.4 Å². The fourth-order valence-corrected chi connectivity index (χ4v) is 2.78. The van der Waals surface area contributed by atoms with Crippen molar-refractivity contribution in [2.45, 2.75) is 6.92 Å². The molecule has 2 aromatic heterocycles. The third-order valence-electron chi connectivity index (χ3n) is 3.94. The summed E-state index contributed by atoms with van der Waals surface area (Å²) in [6.07, 6.45) is 0. The number of aryl methyl sites for hydroxylation is 2. The number of fused-ring (bicyclic) bond motifs is 1. The van der Waals surface area contributed by atoms with Crippen LogP contribution in [-0.4, -0.2) is 40.8 Å². The molecule has 26 heavy (non-hydrogen) atoms. The Labute approximate surface area is 165 Å². The molecule has 140 valence electrons. The van der Waals surface area contributed by atoms with Crippen LogP contribution < -0.4 is 10.6 Å². The number of carbonyl (C=O) groups is 1. The molecule has 2 heterocycles. The van der Waals surface area contributed by atoms with Crippen LogP contribution in [0.3, 0.4) is 0 Å². The molecule has 0 spiro atoms. The lowest BCUT2D eigenvalue weighted by molar-refractivity contribution is 0.0955. The Balaban J connectivity index is 0.00000169. The van der Waals surface area contributed by atoms with Gasteiger partial charge < -0.3 is 10.6 Å². The molecule has 0 aliphatic carbocycles. The first-order valence-electron chi connectivity index (χ1n) is 7.94. The molecule has 0 unspecified atom stereocenters. The molecule has 0 fully saturated rings. The van der Waals surface area contributed by atoms with E-state index in [4.69, 9.17) is 4.98 Å². The second kappa shape index (κ2) is 9.52. The van der Waals surface area contributed by atoms with E-state index in [2.05, 4.69) is 15.7 Å². The molecule has 0 bridgehead atoms. The molecule has 2 N–H and O–H groups in total. The van der Waals surface area contributed by atoms with Crippen molar-refractivity contribution in [2.24, 2.45) is 7.05 Å². The van der Waals surface area contributed by atoms with Crippen molar-refractivity contribution >= 4 is 41.8 Å². The standard InChI is InChI=1S/C18H21N5O.2ClH/c1-12-16-14(18(24)20-10-9-19-2)11-15(13-7-5-4-6-8-13)21-17(16)23(3)22-12;;/h4-8,11,19H,9-10H2,1-3H3,(H,20,24);2*1H. The van der Waals surface area contributed by atoms with Crippen molar-refractivity contribution in [3.8, 4) is 11.3 Å². The third kappa shape index (κ3) is 4.33. The van der Waals surface area contributed by atoms with Gasteiger partial charge >= 0.3 is 0 Å². The maximum absolute atomic E-state index is 12.7. The summed E-state index contributed by atoms with van der Waals surface area (Å²) in [6, 6.07) is 11.7. The highest BCUT2D eigenvalue weighted by molar-refractivity contribution is 6.07. The molecule has 0 aliphatic rings. The van der Waals surface area contributed by atoms with E-state index >= 15 is 0 Å². The van der Waals surface area contributed by atoms with Gasteiger partial charge in [0.15, 0.2) is 5.65 Å². The number of rotatable bonds is 5. The Bertz CT molecular complexity index is 880. The monoisotopic (exact) mass is 395 g/mol. The van der Waals surface area contributed by atoms with E-state index in [-0.39, 0.29) is 30.7 Å². The molecule has 0 saturated carbocycles. The van der Waals surface area contributed by atoms with E-state index < -0.39 is 0 Å². The lowest BCUT2D eigenvalue weighted by Crippen LogP contribution is -2.30. The minimum atomic E-state index is -0.106. The summed E-state index contributed by atoms with van der Waals surface area (Å²) < 4.78 is 1.72. The van der Waals surface area contributed by atoms with E-state index in [1.165, 1.54) is 0 Å². The fourth-order valence-electron chi connectivity index (χ4n) is 2.78. The van der Waals surface area contributed by atoms with Crippen LogP contribution in [0.5, 0.6) is 0 Å². The van der Waals surface area contributed by atoms with E-state index in [9.17, 15) is 4.79 Å². The van der Waals surface area contributed by atoms with Crippen molar-refractivity contribution in [2.75, 3.05) is 20.1 Å². The molecule has 1 aromatic carbocycles. The number of nitrogens with one attached hydrogen (secondary N) is 2. The van der Waals surface area contributed by atoms with Gasteiger partial charge in [-0.1, -0.05) is 30.3 Å². The van der Waals surface area contributed by atoms with Gasteiger partial charge in [0.2, 0.25) is 0 Å². The predicted octanol–water partition coefficient (Wildman–Crippen LogP) is 2.74. The van der Waals surface area contributed by atoms with Crippen LogP contribution in [0.1, 0.15) is 16.1 Å². The molecule has 3 aromatic rings. The number of halogens is 2. The zero-order valence-electron chi connectivity index (χ0n) is 14.9. The van der Waals surface area contributed by atoms with Gasteiger partial charge in [-0.25, -0.2) is 4.98 Å². The summed E-state index contributed by atoms with van der Waals surface area (Å²) in [4.78, 5) is 17.4. The first-order chi connectivity index (χ1) is 11.6. The number of hydrogen-bond donors (Lipinski definition) is 2. The number of hydrogen-bond acceptors (Lipinski definition) is 4. The quantitative estimate of drug-likeness (QED) is 0.651. The summed E-state index contributed by atoms with van der Waals surface area (Å²) in [5.74, 6) is -0.106. The second-order valence-corrected chi connectivity index (χ2v) is 5.69. The summed E-state index contributed by atoms with van der Waals surface area (Å²) >= 11 is 0. The number of pyridine rings is 1. The normalized spacial score (nSPS) is 10.1. The predicted molar refractivity (Wildman–Crippen MR) is 109 cm³/mol. The molecular formula is C18H23Cl2N5O. The van der Waals surface area contributed by atoms with Gasteiger partial charge in [0.1, 0.15) is 0 Å². The smallest absolute Gasteiger partial charge is 0.252 e. The van der Waals surface area contributed by atoms with Crippen molar-refractivity contribution in [1.82, 2.24) is 25.4 Å². The fraction of sp³-hybridized carbons (Fsp3) is 0.278. The maximum Gasteiger partial charge on any atom is 0.252 e. The SMILES string of the molecule is CNCCNC(=O)c1cc(-c2ccccc2)nc2c1c(C)nn2C.Cl.Cl. The molecule has 0 saturated heterocycles. The zero-order chi connectivity index (χ0) is 17.1. The average molecular weight is 396 g/mol. The van der Waals surface area contributed by atoms with Crippen molar-refractivity contribution in [1.29, 1.82) is 0 Å². The van der Waals surface area contributed by atoms with Crippen LogP contribution in [-0.2, 0) is 7.05 Å². The maximum atomic E-state index is 12.7. The van der Waals surface area contributed by atoms with Crippen molar-refractivity contribution in [3.63, 3.8) is 0 Å². The first-order valence-corrected chi connectivity index (χ1v) is 7.94. The largest absolute Gasteiger partial charge is 0.351 e. The highest BCUT2D eigenvalue weighted by Crippen LogP contribution is 2.26. The van der Waals surface area contributed by atoms with Gasteiger partial charge in [-0.15, -0.1) is 24.8 Å². The van der Waals surface area contributed by atoms with Crippen molar-refractivity contribution < 1.29 is 4.79 Å². The van der Waals surface area contributed by atoms with E-state index in [0.29, 0.717) is 17.8 Å². The Kier molecular flexibility index (Phi) is 8.02. The van der Waals surface area contributed by atoms with Crippen LogP contribution >= 0.6 is 24.8 Å². The zero-order valence-corrected chi connectivity index (χ0v) is 16.6. The summed E-state index contributed by atoms with van der Waals surface area (Å²) in [5.41, 5.74) is 3.87. The lowest BCUT2D eigenvalue weighted by atomic mass is 10.0. The minimum absolute atomic E-state index is 0. The molecule has 0 aliphatic heterocycles. The minimum Gasteiger partial charge on any atom is -0.351 e. The van der Waals surface area contributed by atoms with Gasteiger partial charge in [-0.3, -0.25) is 9.48 Å². The number of aromatic nitrogens is 3. The molecule has 8 heteroatoms. The number of likely N-dealkylation sites (N-methyl/N-ethyl adjacent to an activating group) is 1. The number of carbonyl (C=O) groups excluding carboxylic acids is 1. The van der Waals surface area contributed by atoms with Crippen molar-refractivity contribution in [3.05, 3.63) is 47.7 Å². The molecule has 0 radical (unpaired) electrons. The first kappa shape index (κ1) is 21.9. The molecule has 3 rings (SSSR count). The van der Waals surface area contributed by atoms with E-state index in [0.717, 1.165) is 28.9 Å². The van der Waals surface area contributed by atoms with Gasteiger partial charge in [-0.05, 0) is 20.0 Å². The number of amides is 1.